The molecule has 0 saturated heterocycles. The van der Waals surface area contributed by atoms with Gasteiger partial charge in [-0.15, -0.1) is 0 Å². The molecule has 0 aliphatic carbocycles. The molecular weight excluding hydrogens is 210 g/mol. The van der Waals surface area contributed by atoms with Gasteiger partial charge in [0.15, 0.2) is 0 Å². The number of carbonyl (C=O) groups is 2. The molecule has 1 aromatic heterocycles. The maximum atomic E-state index is 11.3. The van der Waals surface area contributed by atoms with Crippen LogP contribution < -0.4 is 5.32 Å². The minimum absolute atomic E-state index is 0.184. The topological polar surface area (TPSA) is 92.2 Å². The number of aryl methyl sites for hydroxylation is 1. The molecular formula is C10H13N3O3. The summed E-state index contributed by atoms with van der Waals surface area (Å²) in [7, 11) is 0. The Morgan fingerprint density at radius 2 is 2.12 bits per heavy atom. The van der Waals surface area contributed by atoms with Crippen molar-refractivity contribution in [2.24, 2.45) is 5.92 Å². The number of carbonyl (C=O) groups excluding carboxylic acids is 1. The quantitative estimate of drug-likeness (QED) is 0.707. The molecule has 1 unspecified atom stereocenters. The number of carboxylic acid groups (broad SMARTS) is 1. The fourth-order valence-electron chi connectivity index (χ4n) is 0.954. The van der Waals surface area contributed by atoms with E-state index in [-0.39, 0.29) is 6.54 Å². The summed E-state index contributed by atoms with van der Waals surface area (Å²) < 4.78 is 0. The second kappa shape index (κ2) is 5.20. The van der Waals surface area contributed by atoms with E-state index in [9.17, 15) is 9.59 Å². The molecule has 0 aliphatic heterocycles. The molecule has 1 heterocycles. The number of carboxylic acids is 1. The smallest absolute Gasteiger partial charge is 0.315 e. The minimum Gasteiger partial charge on any atom is -0.481 e. The molecule has 0 bridgehead atoms. The highest BCUT2D eigenvalue weighted by atomic mass is 16.4. The van der Waals surface area contributed by atoms with Crippen molar-refractivity contribution in [3.05, 3.63) is 23.8 Å². The van der Waals surface area contributed by atoms with Crippen molar-refractivity contribution in [1.82, 2.24) is 15.3 Å². The van der Waals surface area contributed by atoms with Crippen molar-refractivity contribution in [1.29, 1.82) is 0 Å². The van der Waals surface area contributed by atoms with E-state index in [0.29, 0.717) is 5.69 Å². The summed E-state index contributed by atoms with van der Waals surface area (Å²) in [5, 5.41) is 11.1. The zero-order chi connectivity index (χ0) is 12.1. The van der Waals surface area contributed by atoms with Gasteiger partial charge in [0.25, 0.3) is 0 Å². The molecule has 16 heavy (non-hydrogen) atoms. The first-order valence-corrected chi connectivity index (χ1v) is 4.78. The summed E-state index contributed by atoms with van der Waals surface area (Å²) in [6, 6.07) is 0. The van der Waals surface area contributed by atoms with Crippen LogP contribution in [0.15, 0.2) is 12.4 Å². The third-order valence-corrected chi connectivity index (χ3v) is 2.04. The number of aliphatic carboxylic acids is 1. The Hall–Kier alpha value is -1.98. The Morgan fingerprint density at radius 3 is 2.62 bits per heavy atom. The van der Waals surface area contributed by atoms with Crippen molar-refractivity contribution in [3.63, 3.8) is 0 Å². The van der Waals surface area contributed by atoms with Crippen molar-refractivity contribution in [2.75, 3.05) is 0 Å². The third kappa shape index (κ3) is 3.30. The van der Waals surface area contributed by atoms with Crippen molar-refractivity contribution in [3.8, 4) is 0 Å². The van der Waals surface area contributed by atoms with E-state index in [1.54, 1.807) is 12.4 Å². The molecule has 0 aliphatic rings. The lowest BCUT2D eigenvalue weighted by Crippen LogP contribution is -2.33. The highest BCUT2D eigenvalue weighted by Crippen LogP contribution is 1.97. The Labute approximate surface area is 92.7 Å². The number of nitrogens with one attached hydrogen (secondary N) is 1. The number of hydrogen-bond acceptors (Lipinski definition) is 4. The second-order valence-corrected chi connectivity index (χ2v) is 3.43. The molecule has 2 N–H and O–H groups in total. The molecule has 1 amide bonds. The largest absolute Gasteiger partial charge is 0.481 e. The van der Waals surface area contributed by atoms with Crippen molar-refractivity contribution < 1.29 is 14.7 Å². The molecule has 0 saturated carbocycles. The van der Waals surface area contributed by atoms with Gasteiger partial charge in [0.05, 0.1) is 24.1 Å². The maximum Gasteiger partial charge on any atom is 0.315 e. The second-order valence-electron chi connectivity index (χ2n) is 3.43. The van der Waals surface area contributed by atoms with E-state index in [1.165, 1.54) is 6.92 Å². The van der Waals surface area contributed by atoms with Gasteiger partial charge in [-0.05, 0) is 13.8 Å². The van der Waals surface area contributed by atoms with Gasteiger partial charge < -0.3 is 10.4 Å². The lowest BCUT2D eigenvalue weighted by molar-refractivity contribution is -0.146. The molecule has 1 atom stereocenters. The van der Waals surface area contributed by atoms with Gasteiger partial charge >= 0.3 is 5.97 Å². The maximum absolute atomic E-state index is 11.3. The van der Waals surface area contributed by atoms with Crippen LogP contribution in [0, 0.1) is 12.8 Å². The highest BCUT2D eigenvalue weighted by Gasteiger charge is 2.19. The summed E-state index contributed by atoms with van der Waals surface area (Å²) >= 11 is 0. The summed E-state index contributed by atoms with van der Waals surface area (Å²) in [5.74, 6) is -2.74. The molecule has 0 aromatic carbocycles. The van der Waals surface area contributed by atoms with Crippen LogP contribution in [0.5, 0.6) is 0 Å². The monoisotopic (exact) mass is 223 g/mol. The summed E-state index contributed by atoms with van der Waals surface area (Å²) in [6.07, 6.45) is 3.13. The SMILES string of the molecule is Cc1cnc(CNC(=O)C(C)C(=O)O)cn1. The predicted molar refractivity (Wildman–Crippen MR) is 55.4 cm³/mol. The molecule has 6 nitrogen and oxygen atoms in total. The molecule has 86 valence electrons. The Morgan fingerprint density at radius 1 is 1.44 bits per heavy atom. The zero-order valence-corrected chi connectivity index (χ0v) is 9.10. The van der Waals surface area contributed by atoms with Crippen LogP contribution in [0.2, 0.25) is 0 Å². The Bertz CT molecular complexity index is 389. The molecule has 0 fully saturated rings. The summed E-state index contributed by atoms with van der Waals surface area (Å²) in [6.45, 7) is 3.32. The van der Waals surface area contributed by atoms with Gasteiger partial charge in [-0.1, -0.05) is 0 Å². The lowest BCUT2D eigenvalue weighted by Gasteiger charge is -2.07. The first-order chi connectivity index (χ1) is 7.50. The minimum atomic E-state index is -1.15. The van der Waals surface area contributed by atoms with E-state index in [1.807, 2.05) is 6.92 Å². The van der Waals surface area contributed by atoms with Crippen LogP contribution in [-0.2, 0) is 16.1 Å². The van der Waals surface area contributed by atoms with Crippen molar-refractivity contribution >= 4 is 11.9 Å². The number of rotatable bonds is 4. The molecule has 1 rings (SSSR count). The fraction of sp³-hybridized carbons (Fsp3) is 0.400. The van der Waals surface area contributed by atoms with E-state index in [0.717, 1.165) is 5.69 Å². The van der Waals surface area contributed by atoms with Gasteiger partial charge in [0.2, 0.25) is 5.91 Å². The van der Waals surface area contributed by atoms with Gasteiger partial charge in [0.1, 0.15) is 5.92 Å². The number of nitrogens with zero attached hydrogens (tertiary/aromatic N) is 2. The number of hydrogen-bond donors (Lipinski definition) is 2. The summed E-state index contributed by atoms with van der Waals surface area (Å²) in [4.78, 5) is 29.8. The molecule has 6 heteroatoms. The predicted octanol–water partition coefficient (Wildman–Crippen LogP) is 0.122. The third-order valence-electron chi connectivity index (χ3n) is 2.04. The number of amides is 1. The van der Waals surface area contributed by atoms with Crippen LogP contribution in [0.25, 0.3) is 0 Å². The van der Waals surface area contributed by atoms with Gasteiger partial charge in [-0.2, -0.15) is 0 Å². The van der Waals surface area contributed by atoms with Crippen LogP contribution in [0.1, 0.15) is 18.3 Å². The Kier molecular flexibility index (Phi) is 3.93. The van der Waals surface area contributed by atoms with E-state index in [2.05, 4.69) is 15.3 Å². The van der Waals surface area contributed by atoms with Crippen molar-refractivity contribution in [2.45, 2.75) is 20.4 Å². The van der Waals surface area contributed by atoms with E-state index in [4.69, 9.17) is 5.11 Å². The van der Waals surface area contributed by atoms with E-state index < -0.39 is 17.8 Å². The zero-order valence-electron chi connectivity index (χ0n) is 9.10. The summed E-state index contributed by atoms with van der Waals surface area (Å²) in [5.41, 5.74) is 1.38. The van der Waals surface area contributed by atoms with Crippen LogP contribution in [-0.4, -0.2) is 27.0 Å². The fourth-order valence-corrected chi connectivity index (χ4v) is 0.954. The number of aromatic nitrogens is 2. The van der Waals surface area contributed by atoms with Crippen LogP contribution >= 0.6 is 0 Å². The molecule has 0 radical (unpaired) electrons. The van der Waals surface area contributed by atoms with Gasteiger partial charge in [0, 0.05) is 6.20 Å². The van der Waals surface area contributed by atoms with Gasteiger partial charge in [-0.25, -0.2) is 0 Å². The normalized spacial score (nSPS) is 11.9. The van der Waals surface area contributed by atoms with Crippen LogP contribution in [0.4, 0.5) is 0 Å². The first-order valence-electron chi connectivity index (χ1n) is 4.78. The molecule has 0 spiro atoms. The average Bonchev–Trinajstić information content (AvgIpc) is 2.26. The first kappa shape index (κ1) is 12.1. The highest BCUT2D eigenvalue weighted by molar-refractivity contribution is 5.96. The van der Waals surface area contributed by atoms with E-state index >= 15 is 0 Å². The standard InChI is InChI=1S/C10H13N3O3/c1-6-3-12-8(4-11-6)5-13-9(14)7(2)10(15)16/h3-4,7H,5H2,1-2H3,(H,13,14)(H,15,16). The molecule has 1 aromatic rings. The van der Waals surface area contributed by atoms with Crippen LogP contribution in [0.3, 0.4) is 0 Å². The Balaban J connectivity index is 2.49. The van der Waals surface area contributed by atoms with Gasteiger partial charge in [-0.3, -0.25) is 19.6 Å². The average molecular weight is 223 g/mol. The lowest BCUT2D eigenvalue weighted by atomic mass is 10.2.